The Hall–Kier alpha value is -0.340. The standard InChI is InChI=1S/C18H34F3N5O2S.HI/c1-3-22-17(23-12-15(2)14-25-8-4-5-9-25)24-13-16-6-10-26(11-7-16)29(27,28)18(19,20)21;/h15-16H,3-14H2,1-2H3,(H2,22,23,24);1H. The number of hydrogen-bond acceptors (Lipinski definition) is 4. The zero-order chi connectivity index (χ0) is 21.5. The van der Waals surface area contributed by atoms with E-state index in [1.54, 1.807) is 0 Å². The molecule has 0 radical (unpaired) electrons. The second-order valence-electron chi connectivity index (χ2n) is 8.01. The van der Waals surface area contributed by atoms with Gasteiger partial charge in [0.2, 0.25) is 0 Å². The summed E-state index contributed by atoms with van der Waals surface area (Å²) in [7, 11) is -5.22. The summed E-state index contributed by atoms with van der Waals surface area (Å²) in [6.07, 6.45) is 3.33. The van der Waals surface area contributed by atoms with Crippen LogP contribution in [0.3, 0.4) is 0 Å². The first-order valence-corrected chi connectivity index (χ1v) is 11.9. The van der Waals surface area contributed by atoms with Crippen molar-refractivity contribution in [3.8, 4) is 0 Å². The topological polar surface area (TPSA) is 77.0 Å². The molecule has 1 unspecified atom stereocenters. The summed E-state index contributed by atoms with van der Waals surface area (Å²) in [6, 6.07) is 0. The maximum absolute atomic E-state index is 12.7. The second kappa shape index (κ2) is 12.6. The van der Waals surface area contributed by atoms with E-state index in [9.17, 15) is 21.6 Å². The van der Waals surface area contributed by atoms with Crippen LogP contribution in [0.2, 0.25) is 0 Å². The summed E-state index contributed by atoms with van der Waals surface area (Å²) in [6.45, 7) is 9.30. The predicted molar refractivity (Wildman–Crippen MR) is 124 cm³/mol. The molecule has 2 heterocycles. The summed E-state index contributed by atoms with van der Waals surface area (Å²) < 4.78 is 61.5. The van der Waals surface area contributed by atoms with Gasteiger partial charge in [-0.25, -0.2) is 8.42 Å². The molecule has 7 nitrogen and oxygen atoms in total. The van der Waals surface area contributed by atoms with Crippen LogP contribution < -0.4 is 10.6 Å². The highest BCUT2D eigenvalue weighted by molar-refractivity contribution is 14.0. The number of nitrogens with one attached hydrogen (secondary N) is 2. The predicted octanol–water partition coefficient (Wildman–Crippen LogP) is 2.45. The van der Waals surface area contributed by atoms with Crippen LogP contribution in [0.15, 0.2) is 4.99 Å². The van der Waals surface area contributed by atoms with Gasteiger partial charge in [0, 0.05) is 39.3 Å². The van der Waals surface area contributed by atoms with Crippen LogP contribution >= 0.6 is 24.0 Å². The van der Waals surface area contributed by atoms with Crippen molar-refractivity contribution in [2.45, 2.75) is 45.0 Å². The fourth-order valence-corrected chi connectivity index (χ4v) is 4.78. The van der Waals surface area contributed by atoms with Crippen molar-refractivity contribution in [3.63, 3.8) is 0 Å². The van der Waals surface area contributed by atoms with Crippen molar-refractivity contribution in [3.05, 3.63) is 0 Å². The first kappa shape index (κ1) is 27.7. The Bertz CT molecular complexity index is 634. The Labute approximate surface area is 195 Å². The van der Waals surface area contributed by atoms with Crippen LogP contribution in [0.4, 0.5) is 13.2 Å². The highest BCUT2D eigenvalue weighted by Crippen LogP contribution is 2.30. The smallest absolute Gasteiger partial charge is 0.357 e. The number of nitrogens with zero attached hydrogens (tertiary/aromatic N) is 3. The van der Waals surface area contributed by atoms with Crippen LogP contribution in [0.5, 0.6) is 0 Å². The molecule has 2 saturated heterocycles. The number of guanidine groups is 1. The van der Waals surface area contributed by atoms with E-state index in [-0.39, 0.29) is 43.0 Å². The largest absolute Gasteiger partial charge is 0.511 e. The van der Waals surface area contributed by atoms with Crippen LogP contribution in [-0.4, -0.2) is 81.4 Å². The Morgan fingerprint density at radius 1 is 1.13 bits per heavy atom. The van der Waals surface area contributed by atoms with Crippen molar-refractivity contribution in [2.24, 2.45) is 16.8 Å². The van der Waals surface area contributed by atoms with Gasteiger partial charge in [-0.15, -0.1) is 24.0 Å². The third-order valence-corrected chi connectivity index (χ3v) is 7.07. The molecule has 2 rings (SSSR count). The minimum atomic E-state index is -5.23. The molecule has 0 saturated carbocycles. The van der Waals surface area contributed by atoms with Gasteiger partial charge in [0.05, 0.1) is 0 Å². The highest BCUT2D eigenvalue weighted by atomic mass is 127. The summed E-state index contributed by atoms with van der Waals surface area (Å²) >= 11 is 0. The van der Waals surface area contributed by atoms with E-state index >= 15 is 0 Å². The van der Waals surface area contributed by atoms with E-state index in [0.717, 1.165) is 19.6 Å². The molecule has 0 spiro atoms. The summed E-state index contributed by atoms with van der Waals surface area (Å²) in [5.74, 6) is 1.26. The van der Waals surface area contributed by atoms with E-state index in [2.05, 4.69) is 27.4 Å². The van der Waals surface area contributed by atoms with Crippen LogP contribution in [-0.2, 0) is 10.0 Å². The molecule has 0 aromatic heterocycles. The van der Waals surface area contributed by atoms with Crippen molar-refractivity contribution in [1.29, 1.82) is 0 Å². The van der Waals surface area contributed by atoms with E-state index in [1.807, 2.05) is 6.92 Å². The molecular weight excluding hydrogens is 534 g/mol. The lowest BCUT2D eigenvalue weighted by atomic mass is 9.98. The van der Waals surface area contributed by atoms with Gasteiger partial charge in [-0.05, 0) is 57.5 Å². The lowest BCUT2D eigenvalue weighted by Gasteiger charge is -2.31. The van der Waals surface area contributed by atoms with Gasteiger partial charge in [0.15, 0.2) is 5.96 Å². The molecule has 178 valence electrons. The zero-order valence-corrected chi connectivity index (χ0v) is 20.9. The van der Waals surface area contributed by atoms with Gasteiger partial charge in [0.1, 0.15) is 0 Å². The van der Waals surface area contributed by atoms with E-state index < -0.39 is 15.5 Å². The first-order valence-electron chi connectivity index (χ1n) is 10.4. The number of piperidine rings is 1. The van der Waals surface area contributed by atoms with Crippen molar-refractivity contribution >= 4 is 40.0 Å². The molecule has 30 heavy (non-hydrogen) atoms. The third-order valence-electron chi connectivity index (χ3n) is 5.44. The minimum absolute atomic E-state index is 0. The first-order chi connectivity index (χ1) is 13.6. The molecular formula is C18H35F3IN5O2S. The van der Waals surface area contributed by atoms with E-state index in [4.69, 9.17) is 0 Å². The average Bonchev–Trinajstić information content (AvgIpc) is 3.16. The monoisotopic (exact) mass is 569 g/mol. The minimum Gasteiger partial charge on any atom is -0.357 e. The van der Waals surface area contributed by atoms with Gasteiger partial charge >= 0.3 is 15.5 Å². The molecule has 0 aliphatic carbocycles. The van der Waals surface area contributed by atoms with Crippen molar-refractivity contribution < 1.29 is 21.6 Å². The molecule has 12 heteroatoms. The molecule has 0 bridgehead atoms. The summed E-state index contributed by atoms with van der Waals surface area (Å²) in [4.78, 5) is 7.10. The number of hydrogen-bond donors (Lipinski definition) is 2. The van der Waals surface area contributed by atoms with Crippen LogP contribution in [0, 0.1) is 11.8 Å². The molecule has 2 aliphatic heterocycles. The molecule has 2 fully saturated rings. The molecule has 1 atom stereocenters. The van der Waals surface area contributed by atoms with Gasteiger partial charge in [-0.2, -0.15) is 17.5 Å². The van der Waals surface area contributed by atoms with Gasteiger partial charge < -0.3 is 15.5 Å². The maximum atomic E-state index is 12.7. The fourth-order valence-electron chi connectivity index (χ4n) is 3.79. The van der Waals surface area contributed by atoms with Crippen LogP contribution in [0.25, 0.3) is 0 Å². The van der Waals surface area contributed by atoms with Crippen molar-refractivity contribution in [2.75, 3.05) is 52.4 Å². The molecule has 0 amide bonds. The lowest BCUT2D eigenvalue weighted by Crippen LogP contribution is -2.47. The van der Waals surface area contributed by atoms with Gasteiger partial charge in [-0.1, -0.05) is 6.92 Å². The number of alkyl halides is 3. The Morgan fingerprint density at radius 3 is 2.27 bits per heavy atom. The molecule has 0 aromatic rings. The zero-order valence-electron chi connectivity index (χ0n) is 17.7. The average molecular weight is 569 g/mol. The number of sulfonamides is 1. The van der Waals surface area contributed by atoms with E-state index in [0.29, 0.717) is 48.7 Å². The SMILES string of the molecule is CCNC(=NCC(C)CN1CCCC1)NCC1CCN(S(=O)(=O)C(F)(F)F)CC1.I. The number of aliphatic imine (C=N–C) groups is 1. The summed E-state index contributed by atoms with van der Waals surface area (Å²) in [5.41, 5.74) is -5.23. The second-order valence-corrected chi connectivity index (χ2v) is 9.94. The molecule has 2 aliphatic rings. The Balaban J connectivity index is 0.00000450. The number of likely N-dealkylation sites (tertiary alicyclic amines) is 1. The Morgan fingerprint density at radius 2 is 1.73 bits per heavy atom. The quantitative estimate of drug-likeness (QED) is 0.267. The maximum Gasteiger partial charge on any atom is 0.511 e. The van der Waals surface area contributed by atoms with Gasteiger partial charge in [-0.3, -0.25) is 4.99 Å². The summed E-state index contributed by atoms with van der Waals surface area (Å²) in [5, 5.41) is 6.45. The fraction of sp³-hybridized carbons (Fsp3) is 0.944. The van der Waals surface area contributed by atoms with Crippen molar-refractivity contribution in [1.82, 2.24) is 19.8 Å². The molecule has 0 aromatic carbocycles. The highest BCUT2D eigenvalue weighted by Gasteiger charge is 2.50. The Kier molecular flexibility index (Phi) is 11.7. The molecule has 2 N–H and O–H groups in total. The van der Waals surface area contributed by atoms with Crippen LogP contribution in [0.1, 0.15) is 39.5 Å². The lowest BCUT2D eigenvalue weighted by molar-refractivity contribution is -0.0496. The van der Waals surface area contributed by atoms with E-state index in [1.165, 1.54) is 12.8 Å². The third kappa shape index (κ3) is 8.30. The number of rotatable bonds is 8. The van der Waals surface area contributed by atoms with Gasteiger partial charge in [0.25, 0.3) is 0 Å². The normalized spacial score (nSPS) is 21.3. The number of halogens is 4.